The summed E-state index contributed by atoms with van der Waals surface area (Å²) in [7, 11) is 0. The number of benzene rings is 1. The monoisotopic (exact) mass is 261 g/mol. The smallest absolute Gasteiger partial charge is 0.123 e. The third-order valence-electron chi connectivity index (χ3n) is 3.75. The zero-order valence-corrected chi connectivity index (χ0v) is 10.9. The standard InChI is InChI=1S/C15H16FNS/c16-13-3-1-11(2-4-13)15-9-17-7-5-14(15)12-6-8-18-10-12/h1-4,6,8,10,14-15,17H,5,7,9H2. The fraction of sp³-hybridized carbons (Fsp3) is 0.333. The van der Waals surface area contributed by atoms with E-state index in [0.717, 1.165) is 19.5 Å². The van der Waals surface area contributed by atoms with Crippen molar-refractivity contribution in [2.75, 3.05) is 13.1 Å². The molecular formula is C15H16FNS. The van der Waals surface area contributed by atoms with Crippen molar-refractivity contribution in [3.8, 4) is 0 Å². The fourth-order valence-corrected chi connectivity index (χ4v) is 3.53. The molecule has 1 N–H and O–H groups in total. The van der Waals surface area contributed by atoms with Crippen LogP contribution in [-0.4, -0.2) is 13.1 Å². The van der Waals surface area contributed by atoms with Gasteiger partial charge in [0.2, 0.25) is 0 Å². The lowest BCUT2D eigenvalue weighted by Crippen LogP contribution is -2.33. The molecule has 3 rings (SSSR count). The molecule has 18 heavy (non-hydrogen) atoms. The Labute approximate surface area is 111 Å². The highest BCUT2D eigenvalue weighted by molar-refractivity contribution is 7.07. The van der Waals surface area contributed by atoms with Crippen LogP contribution in [0.3, 0.4) is 0 Å². The molecule has 1 aliphatic heterocycles. The Morgan fingerprint density at radius 1 is 1.06 bits per heavy atom. The summed E-state index contributed by atoms with van der Waals surface area (Å²) in [4.78, 5) is 0. The van der Waals surface area contributed by atoms with E-state index in [0.29, 0.717) is 11.8 Å². The zero-order valence-electron chi connectivity index (χ0n) is 10.1. The van der Waals surface area contributed by atoms with Crippen molar-refractivity contribution in [2.45, 2.75) is 18.3 Å². The van der Waals surface area contributed by atoms with Crippen LogP contribution in [0.25, 0.3) is 0 Å². The van der Waals surface area contributed by atoms with Crippen LogP contribution in [0.2, 0.25) is 0 Å². The van der Waals surface area contributed by atoms with E-state index in [2.05, 4.69) is 22.1 Å². The lowest BCUT2D eigenvalue weighted by atomic mass is 9.78. The Kier molecular flexibility index (Phi) is 3.43. The molecule has 0 spiro atoms. The molecule has 2 heterocycles. The van der Waals surface area contributed by atoms with Gasteiger partial charge in [-0.2, -0.15) is 11.3 Å². The van der Waals surface area contributed by atoms with Gasteiger partial charge in [0.1, 0.15) is 5.82 Å². The van der Waals surface area contributed by atoms with Gasteiger partial charge >= 0.3 is 0 Å². The van der Waals surface area contributed by atoms with Crippen LogP contribution in [0, 0.1) is 5.82 Å². The first-order chi connectivity index (χ1) is 8.84. The van der Waals surface area contributed by atoms with E-state index in [1.807, 2.05) is 12.1 Å². The van der Waals surface area contributed by atoms with Gasteiger partial charge in [-0.15, -0.1) is 0 Å². The largest absolute Gasteiger partial charge is 0.316 e. The van der Waals surface area contributed by atoms with Crippen molar-refractivity contribution in [1.29, 1.82) is 0 Å². The van der Waals surface area contributed by atoms with E-state index >= 15 is 0 Å². The first-order valence-corrected chi connectivity index (χ1v) is 7.27. The number of rotatable bonds is 2. The molecule has 2 aromatic rings. The molecule has 0 saturated carbocycles. The number of hydrogen-bond donors (Lipinski definition) is 1. The summed E-state index contributed by atoms with van der Waals surface area (Å²) in [6.45, 7) is 2.05. The van der Waals surface area contributed by atoms with Crippen LogP contribution < -0.4 is 5.32 Å². The maximum absolute atomic E-state index is 13.0. The summed E-state index contributed by atoms with van der Waals surface area (Å²) >= 11 is 1.75. The van der Waals surface area contributed by atoms with Gasteiger partial charge in [-0.3, -0.25) is 0 Å². The summed E-state index contributed by atoms with van der Waals surface area (Å²) in [5.41, 5.74) is 2.66. The van der Waals surface area contributed by atoms with Crippen molar-refractivity contribution >= 4 is 11.3 Å². The average Bonchev–Trinajstić information content (AvgIpc) is 2.93. The second-order valence-electron chi connectivity index (χ2n) is 4.81. The van der Waals surface area contributed by atoms with E-state index in [1.165, 1.54) is 11.1 Å². The molecule has 94 valence electrons. The van der Waals surface area contributed by atoms with Gasteiger partial charge in [0.05, 0.1) is 0 Å². The minimum Gasteiger partial charge on any atom is -0.316 e. The summed E-state index contributed by atoms with van der Waals surface area (Å²) < 4.78 is 13.0. The van der Waals surface area contributed by atoms with Crippen LogP contribution in [-0.2, 0) is 0 Å². The van der Waals surface area contributed by atoms with Gasteiger partial charge in [-0.1, -0.05) is 12.1 Å². The molecule has 1 saturated heterocycles. The normalized spacial score (nSPS) is 24.1. The Morgan fingerprint density at radius 3 is 2.61 bits per heavy atom. The average molecular weight is 261 g/mol. The molecule has 3 heteroatoms. The minimum absolute atomic E-state index is 0.158. The SMILES string of the molecule is Fc1ccc(C2CNCCC2c2ccsc2)cc1. The number of nitrogens with one attached hydrogen (secondary N) is 1. The molecule has 1 nitrogen and oxygen atoms in total. The van der Waals surface area contributed by atoms with Crippen LogP contribution >= 0.6 is 11.3 Å². The van der Waals surface area contributed by atoms with Gasteiger partial charge in [0.15, 0.2) is 0 Å². The number of piperidine rings is 1. The van der Waals surface area contributed by atoms with Crippen LogP contribution in [0.5, 0.6) is 0 Å². The summed E-state index contributed by atoms with van der Waals surface area (Å²) in [6, 6.07) is 9.19. The second-order valence-corrected chi connectivity index (χ2v) is 5.59. The quantitative estimate of drug-likeness (QED) is 0.868. The highest BCUT2D eigenvalue weighted by atomic mass is 32.1. The van der Waals surface area contributed by atoms with E-state index in [4.69, 9.17) is 0 Å². The third-order valence-corrected chi connectivity index (χ3v) is 4.45. The molecule has 0 radical (unpaired) electrons. The van der Waals surface area contributed by atoms with Crippen molar-refractivity contribution < 1.29 is 4.39 Å². The molecule has 1 fully saturated rings. The van der Waals surface area contributed by atoms with E-state index in [1.54, 1.807) is 23.5 Å². The predicted octanol–water partition coefficient (Wildman–Crippen LogP) is 3.75. The van der Waals surface area contributed by atoms with Gasteiger partial charge in [0, 0.05) is 12.5 Å². The van der Waals surface area contributed by atoms with E-state index < -0.39 is 0 Å². The van der Waals surface area contributed by atoms with Crippen LogP contribution in [0.1, 0.15) is 29.4 Å². The molecule has 0 amide bonds. The van der Waals surface area contributed by atoms with Crippen molar-refractivity contribution in [1.82, 2.24) is 5.32 Å². The van der Waals surface area contributed by atoms with Crippen molar-refractivity contribution in [3.05, 3.63) is 58.0 Å². The fourth-order valence-electron chi connectivity index (χ4n) is 2.80. The Hall–Kier alpha value is -1.19. The van der Waals surface area contributed by atoms with Gasteiger partial charge in [0.25, 0.3) is 0 Å². The Balaban J connectivity index is 1.90. The van der Waals surface area contributed by atoms with Gasteiger partial charge in [-0.05, 0) is 59.0 Å². The number of halogens is 1. The molecule has 1 aromatic heterocycles. The highest BCUT2D eigenvalue weighted by Gasteiger charge is 2.27. The van der Waals surface area contributed by atoms with Crippen molar-refractivity contribution in [2.24, 2.45) is 0 Å². The topological polar surface area (TPSA) is 12.0 Å². The highest BCUT2D eigenvalue weighted by Crippen LogP contribution is 2.38. The molecule has 0 aliphatic carbocycles. The van der Waals surface area contributed by atoms with Crippen LogP contribution in [0.15, 0.2) is 41.1 Å². The van der Waals surface area contributed by atoms with Crippen molar-refractivity contribution in [3.63, 3.8) is 0 Å². The van der Waals surface area contributed by atoms with Gasteiger partial charge < -0.3 is 5.32 Å². The molecule has 2 atom stereocenters. The summed E-state index contributed by atoms with van der Waals surface area (Å²) in [5, 5.41) is 7.83. The summed E-state index contributed by atoms with van der Waals surface area (Å²) in [5.74, 6) is 0.853. The summed E-state index contributed by atoms with van der Waals surface area (Å²) in [6.07, 6.45) is 1.15. The molecular weight excluding hydrogens is 245 g/mol. The van der Waals surface area contributed by atoms with Gasteiger partial charge in [-0.25, -0.2) is 4.39 Å². The Morgan fingerprint density at radius 2 is 1.89 bits per heavy atom. The molecule has 2 unspecified atom stereocenters. The predicted molar refractivity (Wildman–Crippen MR) is 73.7 cm³/mol. The molecule has 1 aliphatic rings. The third kappa shape index (κ3) is 2.33. The maximum Gasteiger partial charge on any atom is 0.123 e. The second kappa shape index (κ2) is 5.21. The first kappa shape index (κ1) is 11.9. The molecule has 0 bridgehead atoms. The number of thiophene rings is 1. The lowest BCUT2D eigenvalue weighted by molar-refractivity contribution is 0.404. The Bertz CT molecular complexity index is 492. The molecule has 1 aromatic carbocycles. The van der Waals surface area contributed by atoms with Crippen LogP contribution in [0.4, 0.5) is 4.39 Å². The number of hydrogen-bond acceptors (Lipinski definition) is 2. The zero-order chi connectivity index (χ0) is 12.4. The lowest BCUT2D eigenvalue weighted by Gasteiger charge is -2.32. The van der Waals surface area contributed by atoms with E-state index in [9.17, 15) is 4.39 Å². The minimum atomic E-state index is -0.158. The van der Waals surface area contributed by atoms with E-state index in [-0.39, 0.29) is 5.82 Å². The first-order valence-electron chi connectivity index (χ1n) is 6.33. The maximum atomic E-state index is 13.0.